The van der Waals surface area contributed by atoms with Gasteiger partial charge in [-0.05, 0) is 12.1 Å². The molecule has 0 aliphatic carbocycles. The summed E-state index contributed by atoms with van der Waals surface area (Å²) in [6.07, 6.45) is 0.163. The Morgan fingerprint density at radius 3 is 2.46 bits per heavy atom. The van der Waals surface area contributed by atoms with Crippen LogP contribution >= 0.6 is 0 Å². The molecule has 0 unspecified atom stereocenters. The number of carbonyl (C=O) groups is 1. The second kappa shape index (κ2) is 7.25. The third-order valence-corrected chi connectivity index (χ3v) is 3.31. The van der Waals surface area contributed by atoms with Gasteiger partial charge in [0.15, 0.2) is 5.82 Å². The highest BCUT2D eigenvalue weighted by molar-refractivity contribution is 5.89. The van der Waals surface area contributed by atoms with Crippen LogP contribution in [0.3, 0.4) is 0 Å². The topological polar surface area (TPSA) is 109 Å². The maximum atomic E-state index is 12.4. The van der Waals surface area contributed by atoms with Crippen molar-refractivity contribution in [2.24, 2.45) is 0 Å². The molecular weight excluding hydrogens is 351 g/mol. The molecule has 0 radical (unpaired) electrons. The largest absolute Gasteiger partial charge is 0.419 e. The highest BCUT2D eigenvalue weighted by Crippen LogP contribution is 2.27. The number of aryl methyl sites for hydroxylation is 1. The van der Waals surface area contributed by atoms with Crippen LogP contribution in [0.4, 0.5) is 19.1 Å². The second-order valence-electron chi connectivity index (χ2n) is 5.19. The summed E-state index contributed by atoms with van der Waals surface area (Å²) in [4.78, 5) is 25.9. The number of aromatic amines is 1. The molecule has 26 heavy (non-hydrogen) atoms. The average molecular weight is 363 g/mol. The molecule has 0 saturated carbocycles. The van der Waals surface area contributed by atoms with Gasteiger partial charge < -0.3 is 4.98 Å². The van der Waals surface area contributed by atoms with Crippen molar-refractivity contribution in [2.75, 3.05) is 5.32 Å². The summed E-state index contributed by atoms with van der Waals surface area (Å²) in [7, 11) is 0. The van der Waals surface area contributed by atoms with Gasteiger partial charge in [0.05, 0.1) is 5.56 Å². The first-order valence-corrected chi connectivity index (χ1v) is 7.43. The van der Waals surface area contributed by atoms with E-state index in [1.807, 2.05) is 0 Å². The molecule has 0 aliphatic heterocycles. The normalized spacial score (nSPS) is 11.3. The molecule has 0 aliphatic rings. The van der Waals surface area contributed by atoms with Crippen LogP contribution in [0.2, 0.25) is 0 Å². The van der Waals surface area contributed by atoms with Crippen LogP contribution in [-0.2, 0) is 17.4 Å². The van der Waals surface area contributed by atoms with Crippen molar-refractivity contribution in [3.05, 3.63) is 48.3 Å². The Bertz CT molecular complexity index is 878. The fourth-order valence-electron chi connectivity index (χ4n) is 2.01. The third-order valence-electron chi connectivity index (χ3n) is 3.31. The minimum atomic E-state index is -4.49. The lowest BCUT2D eigenvalue weighted by Gasteiger charge is -2.06. The summed E-state index contributed by atoms with van der Waals surface area (Å²) < 4.78 is 37.3. The third kappa shape index (κ3) is 4.37. The number of nitrogens with one attached hydrogen (secondary N) is 2. The van der Waals surface area contributed by atoms with E-state index >= 15 is 0 Å². The van der Waals surface area contributed by atoms with Gasteiger partial charge in [-0.1, -0.05) is 0 Å². The zero-order valence-corrected chi connectivity index (χ0v) is 13.2. The maximum absolute atomic E-state index is 12.4. The number of hydrogen-bond acceptors (Lipinski definition) is 6. The first-order chi connectivity index (χ1) is 12.4. The predicted molar refractivity (Wildman–Crippen MR) is 83.6 cm³/mol. The number of anilines is 1. The Kier molecular flexibility index (Phi) is 4.87. The van der Waals surface area contributed by atoms with Gasteiger partial charge in [0, 0.05) is 43.2 Å². The number of pyridine rings is 1. The molecular formula is C15H12F3N7O. The van der Waals surface area contributed by atoms with Crippen molar-refractivity contribution in [3.63, 3.8) is 0 Å². The van der Waals surface area contributed by atoms with Gasteiger partial charge in [0.1, 0.15) is 5.82 Å². The Morgan fingerprint density at radius 2 is 1.81 bits per heavy atom. The van der Waals surface area contributed by atoms with E-state index in [2.05, 4.69) is 35.5 Å². The van der Waals surface area contributed by atoms with Crippen molar-refractivity contribution in [2.45, 2.75) is 19.0 Å². The molecule has 2 N–H and O–H groups in total. The van der Waals surface area contributed by atoms with E-state index in [4.69, 9.17) is 0 Å². The lowest BCUT2D eigenvalue weighted by atomic mass is 10.2. The minimum absolute atomic E-state index is 0.0172. The van der Waals surface area contributed by atoms with E-state index in [1.54, 1.807) is 24.5 Å². The SMILES string of the molecule is O=C(CCc1ncc(C(F)(F)F)cn1)Nc1nnc(-c2ccncc2)[nH]1. The summed E-state index contributed by atoms with van der Waals surface area (Å²) in [6.45, 7) is 0. The second-order valence-corrected chi connectivity index (χ2v) is 5.19. The van der Waals surface area contributed by atoms with E-state index < -0.39 is 17.6 Å². The number of carbonyl (C=O) groups excluding carboxylic acids is 1. The molecule has 0 atom stereocenters. The molecule has 0 fully saturated rings. The summed E-state index contributed by atoms with van der Waals surface area (Å²) in [6, 6.07) is 3.46. The molecule has 134 valence electrons. The van der Waals surface area contributed by atoms with Gasteiger partial charge >= 0.3 is 6.18 Å². The first-order valence-electron chi connectivity index (χ1n) is 7.43. The standard InChI is InChI=1S/C15H12F3N7O/c16-15(17,18)10-7-20-11(21-8-10)1-2-12(26)22-14-23-13(24-25-14)9-3-5-19-6-4-9/h3-8H,1-2H2,(H2,22,23,24,25,26). The molecule has 0 aromatic carbocycles. The number of halogens is 3. The number of aromatic nitrogens is 6. The summed E-state index contributed by atoms with van der Waals surface area (Å²) >= 11 is 0. The fourth-order valence-corrected chi connectivity index (χ4v) is 2.01. The van der Waals surface area contributed by atoms with Crippen molar-refractivity contribution in [1.82, 2.24) is 30.1 Å². The Balaban J connectivity index is 1.54. The number of hydrogen-bond donors (Lipinski definition) is 2. The van der Waals surface area contributed by atoms with Crippen LogP contribution in [0, 0.1) is 0 Å². The zero-order chi connectivity index (χ0) is 18.6. The number of H-pyrrole nitrogens is 1. The van der Waals surface area contributed by atoms with Gasteiger partial charge in [-0.2, -0.15) is 13.2 Å². The van der Waals surface area contributed by atoms with Crippen LogP contribution in [-0.4, -0.2) is 36.0 Å². The molecule has 11 heteroatoms. The van der Waals surface area contributed by atoms with Crippen molar-refractivity contribution in [1.29, 1.82) is 0 Å². The monoisotopic (exact) mass is 363 g/mol. The van der Waals surface area contributed by atoms with Crippen LogP contribution in [0.25, 0.3) is 11.4 Å². The molecule has 0 spiro atoms. The summed E-state index contributed by atoms with van der Waals surface area (Å²) in [5.41, 5.74) is -0.179. The van der Waals surface area contributed by atoms with Crippen LogP contribution in [0.1, 0.15) is 17.8 Å². The Labute approximate surface area is 144 Å². The number of nitrogens with zero attached hydrogens (tertiary/aromatic N) is 5. The lowest BCUT2D eigenvalue weighted by molar-refractivity contribution is -0.138. The van der Waals surface area contributed by atoms with E-state index in [0.717, 1.165) is 5.56 Å². The summed E-state index contributed by atoms with van der Waals surface area (Å²) in [5.74, 6) is 0.373. The molecule has 3 aromatic heterocycles. The van der Waals surface area contributed by atoms with Gasteiger partial charge in [0.2, 0.25) is 11.9 Å². The number of alkyl halides is 3. The van der Waals surface area contributed by atoms with E-state index in [0.29, 0.717) is 18.2 Å². The number of amides is 1. The van der Waals surface area contributed by atoms with Crippen LogP contribution < -0.4 is 5.32 Å². The van der Waals surface area contributed by atoms with E-state index in [-0.39, 0.29) is 24.6 Å². The molecule has 0 saturated heterocycles. The van der Waals surface area contributed by atoms with E-state index in [9.17, 15) is 18.0 Å². The van der Waals surface area contributed by atoms with Gasteiger partial charge in [-0.15, -0.1) is 10.2 Å². The average Bonchev–Trinajstić information content (AvgIpc) is 3.09. The van der Waals surface area contributed by atoms with Crippen LogP contribution in [0.15, 0.2) is 36.9 Å². The maximum Gasteiger partial charge on any atom is 0.419 e. The van der Waals surface area contributed by atoms with Crippen molar-refractivity contribution < 1.29 is 18.0 Å². The molecule has 3 aromatic rings. The zero-order valence-electron chi connectivity index (χ0n) is 13.2. The summed E-state index contributed by atoms with van der Waals surface area (Å²) in [5, 5.41) is 10.2. The predicted octanol–water partition coefficient (Wildman–Crippen LogP) is 2.25. The molecule has 3 heterocycles. The van der Waals surface area contributed by atoms with E-state index in [1.165, 1.54) is 0 Å². The quantitative estimate of drug-likeness (QED) is 0.720. The lowest BCUT2D eigenvalue weighted by Crippen LogP contribution is -2.14. The number of rotatable bonds is 5. The van der Waals surface area contributed by atoms with Gasteiger partial charge in [-0.3, -0.25) is 15.1 Å². The highest BCUT2D eigenvalue weighted by Gasteiger charge is 2.31. The fraction of sp³-hybridized carbons (Fsp3) is 0.200. The Morgan fingerprint density at radius 1 is 1.12 bits per heavy atom. The molecule has 0 bridgehead atoms. The van der Waals surface area contributed by atoms with Gasteiger partial charge in [0.25, 0.3) is 0 Å². The van der Waals surface area contributed by atoms with Crippen molar-refractivity contribution in [3.8, 4) is 11.4 Å². The smallest absolute Gasteiger partial charge is 0.307 e. The Hall–Kier alpha value is -3.37. The molecule has 1 amide bonds. The van der Waals surface area contributed by atoms with Gasteiger partial charge in [-0.25, -0.2) is 9.97 Å². The molecule has 3 rings (SSSR count). The molecule has 8 nitrogen and oxygen atoms in total. The highest BCUT2D eigenvalue weighted by atomic mass is 19.4. The first kappa shape index (κ1) is 17.5. The van der Waals surface area contributed by atoms with Crippen LogP contribution in [0.5, 0.6) is 0 Å². The minimum Gasteiger partial charge on any atom is -0.307 e. The van der Waals surface area contributed by atoms with Crippen molar-refractivity contribution >= 4 is 11.9 Å².